The minimum absolute atomic E-state index is 0.175. The van der Waals surface area contributed by atoms with Crippen LogP contribution >= 0.6 is 11.8 Å². The van der Waals surface area contributed by atoms with Crippen LogP contribution in [0.25, 0.3) is 11.3 Å². The number of nitrogens with one attached hydrogen (secondary N) is 2. The van der Waals surface area contributed by atoms with Crippen molar-refractivity contribution in [2.75, 3.05) is 31.0 Å². The fourth-order valence-corrected chi connectivity index (χ4v) is 4.21. The van der Waals surface area contributed by atoms with Crippen molar-refractivity contribution in [3.63, 3.8) is 0 Å². The number of rotatable bonds is 8. The van der Waals surface area contributed by atoms with Crippen LogP contribution in [0.1, 0.15) is 21.5 Å². The second-order valence-electron chi connectivity index (χ2n) is 8.66. The van der Waals surface area contributed by atoms with Crippen LogP contribution in [0.3, 0.4) is 0 Å². The Morgan fingerprint density at radius 3 is 2.42 bits per heavy atom. The summed E-state index contributed by atoms with van der Waals surface area (Å²) in [6, 6.07) is 19.5. The zero-order chi connectivity index (χ0) is 25.7. The quantitative estimate of drug-likeness (QED) is 0.273. The van der Waals surface area contributed by atoms with Gasteiger partial charge in [0.2, 0.25) is 5.95 Å². The van der Waals surface area contributed by atoms with Crippen molar-refractivity contribution < 1.29 is 9.18 Å². The molecule has 0 fully saturated rings. The van der Waals surface area contributed by atoms with Gasteiger partial charge in [-0.25, -0.2) is 14.4 Å². The smallest absolute Gasteiger partial charge is 0.255 e. The monoisotopic (exact) mass is 501 g/mol. The minimum atomic E-state index is -0.294. The summed E-state index contributed by atoms with van der Waals surface area (Å²) in [6.45, 7) is 2.77. The molecule has 0 aliphatic carbocycles. The maximum atomic E-state index is 13.4. The number of benzene rings is 3. The highest BCUT2D eigenvalue weighted by Gasteiger charge is 2.12. The molecule has 8 heteroatoms. The zero-order valence-electron chi connectivity index (χ0n) is 20.7. The molecule has 0 radical (unpaired) electrons. The molecular weight excluding hydrogens is 473 g/mol. The molecule has 1 heterocycles. The zero-order valence-corrected chi connectivity index (χ0v) is 21.5. The number of aromatic nitrogens is 2. The van der Waals surface area contributed by atoms with Crippen LogP contribution < -0.4 is 10.6 Å². The van der Waals surface area contributed by atoms with Crippen molar-refractivity contribution in [1.82, 2.24) is 14.9 Å². The van der Waals surface area contributed by atoms with E-state index in [0.717, 1.165) is 45.2 Å². The molecule has 0 bridgehead atoms. The Bertz CT molecular complexity index is 1360. The summed E-state index contributed by atoms with van der Waals surface area (Å²) < 4.78 is 13.4. The second kappa shape index (κ2) is 11.3. The molecule has 0 spiro atoms. The van der Waals surface area contributed by atoms with Crippen LogP contribution in [0.2, 0.25) is 0 Å². The Kier molecular flexibility index (Phi) is 7.97. The van der Waals surface area contributed by atoms with Crippen molar-refractivity contribution in [1.29, 1.82) is 0 Å². The SMILES string of the molecule is CSc1cnc(Nc2ccc(C(=O)Nc3cc(CN(C)C)ccc3C)cc2)nc1-c1ccc(F)cc1. The number of hydrogen-bond acceptors (Lipinski definition) is 6. The lowest BCUT2D eigenvalue weighted by Crippen LogP contribution is -2.14. The first-order chi connectivity index (χ1) is 17.3. The molecule has 184 valence electrons. The standard InChI is InChI=1S/C28H28FN5OS/c1-18-5-6-19(17-34(2)3)15-24(18)32-27(35)21-9-13-23(14-10-21)31-28-30-16-25(36-4)26(33-28)20-7-11-22(29)12-8-20/h5-16H,17H2,1-4H3,(H,32,35)(H,30,31,33). The van der Waals surface area contributed by atoms with Gasteiger partial charge in [-0.05, 0) is 93.0 Å². The van der Waals surface area contributed by atoms with Gasteiger partial charge >= 0.3 is 0 Å². The molecule has 0 aliphatic rings. The number of carbonyl (C=O) groups excluding carboxylic acids is 1. The number of thioether (sulfide) groups is 1. The fourth-order valence-electron chi connectivity index (χ4n) is 3.69. The Morgan fingerprint density at radius 2 is 1.75 bits per heavy atom. The minimum Gasteiger partial charge on any atom is -0.324 e. The molecule has 4 rings (SSSR count). The van der Waals surface area contributed by atoms with E-state index >= 15 is 0 Å². The van der Waals surface area contributed by atoms with Gasteiger partial charge in [-0.3, -0.25) is 4.79 Å². The first-order valence-corrected chi connectivity index (χ1v) is 12.6. The third kappa shape index (κ3) is 6.27. The number of aryl methyl sites for hydroxylation is 1. The van der Waals surface area contributed by atoms with Gasteiger partial charge in [0.25, 0.3) is 5.91 Å². The van der Waals surface area contributed by atoms with Crippen LogP contribution in [0.15, 0.2) is 77.8 Å². The Hall–Kier alpha value is -3.75. The van der Waals surface area contributed by atoms with E-state index in [4.69, 9.17) is 0 Å². The van der Waals surface area contributed by atoms with Crippen molar-refractivity contribution in [2.45, 2.75) is 18.4 Å². The highest BCUT2D eigenvalue weighted by molar-refractivity contribution is 7.98. The summed E-state index contributed by atoms with van der Waals surface area (Å²) in [5, 5.41) is 6.21. The summed E-state index contributed by atoms with van der Waals surface area (Å²) >= 11 is 1.53. The molecule has 6 nitrogen and oxygen atoms in total. The van der Waals surface area contributed by atoms with E-state index < -0.39 is 0 Å². The largest absolute Gasteiger partial charge is 0.324 e. The lowest BCUT2D eigenvalue weighted by atomic mass is 10.1. The molecule has 4 aromatic rings. The molecular formula is C28H28FN5OS. The summed E-state index contributed by atoms with van der Waals surface area (Å²) in [5.41, 5.74) is 5.77. The Labute approximate surface area is 215 Å². The van der Waals surface area contributed by atoms with Crippen molar-refractivity contribution in [3.05, 3.63) is 95.4 Å². The average molecular weight is 502 g/mol. The van der Waals surface area contributed by atoms with E-state index in [9.17, 15) is 9.18 Å². The predicted octanol–water partition coefficient (Wildman–Crippen LogP) is 6.37. The maximum Gasteiger partial charge on any atom is 0.255 e. The maximum absolute atomic E-state index is 13.4. The lowest BCUT2D eigenvalue weighted by molar-refractivity contribution is 0.102. The number of amides is 1. The van der Waals surface area contributed by atoms with Crippen LogP contribution in [0.5, 0.6) is 0 Å². The first-order valence-electron chi connectivity index (χ1n) is 11.4. The molecule has 3 aromatic carbocycles. The highest BCUT2D eigenvalue weighted by atomic mass is 32.2. The van der Waals surface area contributed by atoms with E-state index in [1.807, 2.05) is 51.5 Å². The summed E-state index contributed by atoms with van der Waals surface area (Å²) in [6.07, 6.45) is 3.69. The predicted molar refractivity (Wildman–Crippen MR) is 145 cm³/mol. The molecule has 1 amide bonds. The number of hydrogen-bond donors (Lipinski definition) is 2. The summed E-state index contributed by atoms with van der Waals surface area (Å²) in [5.74, 6) is -0.0547. The Balaban J connectivity index is 1.48. The van der Waals surface area contributed by atoms with Crippen molar-refractivity contribution >= 4 is 35.0 Å². The van der Waals surface area contributed by atoms with E-state index in [2.05, 4.69) is 31.6 Å². The van der Waals surface area contributed by atoms with Crippen LogP contribution in [0, 0.1) is 12.7 Å². The number of nitrogens with zero attached hydrogens (tertiary/aromatic N) is 3. The van der Waals surface area contributed by atoms with Gasteiger partial charge in [0, 0.05) is 35.2 Å². The van der Waals surface area contributed by atoms with Gasteiger partial charge < -0.3 is 15.5 Å². The molecule has 1 aromatic heterocycles. The molecule has 0 unspecified atom stereocenters. The van der Waals surface area contributed by atoms with Crippen LogP contribution in [-0.4, -0.2) is 41.1 Å². The van der Waals surface area contributed by atoms with Crippen molar-refractivity contribution in [2.24, 2.45) is 0 Å². The molecule has 2 N–H and O–H groups in total. The highest BCUT2D eigenvalue weighted by Crippen LogP contribution is 2.29. The Morgan fingerprint density at radius 1 is 1.03 bits per heavy atom. The molecule has 0 saturated heterocycles. The first kappa shape index (κ1) is 25.3. The van der Waals surface area contributed by atoms with E-state index in [-0.39, 0.29) is 11.7 Å². The van der Waals surface area contributed by atoms with Crippen LogP contribution in [-0.2, 0) is 6.54 Å². The third-order valence-electron chi connectivity index (χ3n) is 5.54. The third-order valence-corrected chi connectivity index (χ3v) is 6.28. The van der Waals surface area contributed by atoms with Crippen LogP contribution in [0.4, 0.5) is 21.7 Å². The van der Waals surface area contributed by atoms with Gasteiger partial charge in [0.05, 0.1) is 10.6 Å². The van der Waals surface area contributed by atoms with Crippen molar-refractivity contribution in [3.8, 4) is 11.3 Å². The molecule has 0 aliphatic heterocycles. The van der Waals surface area contributed by atoms with E-state index in [1.165, 1.54) is 23.9 Å². The topological polar surface area (TPSA) is 70.2 Å². The molecule has 36 heavy (non-hydrogen) atoms. The van der Waals surface area contributed by atoms with Gasteiger partial charge in [0.15, 0.2) is 0 Å². The second-order valence-corrected chi connectivity index (χ2v) is 9.51. The van der Waals surface area contributed by atoms with Gasteiger partial charge in [0.1, 0.15) is 5.82 Å². The fraction of sp³-hybridized carbons (Fsp3) is 0.179. The van der Waals surface area contributed by atoms with Gasteiger partial charge in [-0.15, -0.1) is 11.8 Å². The molecule has 0 atom stereocenters. The molecule has 0 saturated carbocycles. The normalized spacial score (nSPS) is 10.9. The summed E-state index contributed by atoms with van der Waals surface area (Å²) in [4.78, 5) is 24.9. The van der Waals surface area contributed by atoms with E-state index in [0.29, 0.717) is 11.5 Å². The lowest BCUT2D eigenvalue weighted by Gasteiger charge is -2.14. The number of carbonyl (C=O) groups is 1. The average Bonchev–Trinajstić information content (AvgIpc) is 2.86. The summed E-state index contributed by atoms with van der Waals surface area (Å²) in [7, 11) is 4.03. The van der Waals surface area contributed by atoms with Gasteiger partial charge in [-0.2, -0.15) is 0 Å². The van der Waals surface area contributed by atoms with E-state index in [1.54, 1.807) is 30.5 Å². The van der Waals surface area contributed by atoms with Gasteiger partial charge in [-0.1, -0.05) is 12.1 Å². The number of anilines is 3. The number of halogens is 1.